The van der Waals surface area contributed by atoms with Crippen LogP contribution in [0.15, 0.2) is 41.1 Å². The fraction of sp³-hybridized carbons (Fsp3) is 0.585. The van der Waals surface area contributed by atoms with Gasteiger partial charge < -0.3 is 52.2 Å². The minimum absolute atomic E-state index is 0.0584. The minimum Gasteiger partial charge on any atom is -0.465 e. The molecule has 330 valence electrons. The van der Waals surface area contributed by atoms with E-state index in [0.29, 0.717) is 0 Å². The molecule has 20 nitrogen and oxygen atoms in total. The fourth-order valence-electron chi connectivity index (χ4n) is 9.63. The minimum atomic E-state index is -2.89. The molecular formula is C41H47NO19. The van der Waals surface area contributed by atoms with Crippen LogP contribution in [0.5, 0.6) is 0 Å². The maximum Gasteiger partial charge on any atom is 0.374 e. The molecule has 3 fully saturated rings. The van der Waals surface area contributed by atoms with Gasteiger partial charge in [0.1, 0.15) is 42.0 Å². The Kier molecular flexibility index (Phi) is 11.8. The van der Waals surface area contributed by atoms with Crippen LogP contribution in [0, 0.1) is 17.3 Å². The van der Waals surface area contributed by atoms with Crippen molar-refractivity contribution in [1.29, 1.82) is 0 Å². The summed E-state index contributed by atoms with van der Waals surface area (Å²) < 4.78 is 60.3. The molecule has 61 heavy (non-hydrogen) atoms. The van der Waals surface area contributed by atoms with Gasteiger partial charge in [0.15, 0.2) is 30.0 Å². The van der Waals surface area contributed by atoms with E-state index in [2.05, 4.69) is 4.98 Å². The number of hydrogen-bond acceptors (Lipinski definition) is 20. The Balaban J connectivity index is 1.80. The van der Waals surface area contributed by atoms with E-state index in [9.17, 15) is 43.5 Å². The van der Waals surface area contributed by atoms with E-state index >= 15 is 0 Å². The van der Waals surface area contributed by atoms with Gasteiger partial charge in [-0.25, -0.2) is 9.59 Å². The molecule has 2 aliphatic heterocycles. The van der Waals surface area contributed by atoms with Crippen molar-refractivity contribution in [3.63, 3.8) is 0 Å². The summed E-state index contributed by atoms with van der Waals surface area (Å²) in [4.78, 5) is 113. The van der Waals surface area contributed by atoms with Gasteiger partial charge in [0.25, 0.3) is 0 Å². The van der Waals surface area contributed by atoms with Crippen molar-refractivity contribution < 1.29 is 90.5 Å². The molecule has 2 aliphatic carbocycles. The Labute approximate surface area is 348 Å². The van der Waals surface area contributed by atoms with Crippen molar-refractivity contribution in [1.82, 2.24) is 4.98 Å². The van der Waals surface area contributed by atoms with E-state index in [1.807, 2.05) is 0 Å². The molecule has 0 amide bonds. The molecule has 13 atom stereocenters. The Morgan fingerprint density at radius 2 is 1.39 bits per heavy atom. The first-order chi connectivity index (χ1) is 28.5. The molecule has 4 heterocycles. The molecule has 1 spiro atoms. The average molecular weight is 858 g/mol. The second-order valence-corrected chi connectivity index (χ2v) is 16.1. The number of carbonyl (C=O) groups excluding carboxylic acids is 8. The standard InChI is InChI=1S/C41H47NO19/c1-18-19(2)35(48)60-32-30(59-37(50)26-13-11-15-52-26)34(58-24(7)47)40(17-53-20(3)43)33(57-23(6)46)29(55-21(4)44)27-31(56-22(5)45)41(40,39(32,9)51)61-38(27,8)16-54-36(49)25-12-10-14-42-28(18)25/h10-15,18-19,27,29-34,51H,16-17H2,1-9H3/t18-,19+,27-,29-,30+,31-,32+,33-,34+,38+,39+,40-,41+/m1/s1. The molecule has 4 bridgehead atoms. The quantitative estimate of drug-likeness (QED) is 0.293. The number of hydrogen-bond donors (Lipinski definition) is 1. The van der Waals surface area contributed by atoms with Crippen LogP contribution in [0.1, 0.15) is 94.8 Å². The number of fused-ring (bicyclic) bond motifs is 5. The molecule has 0 aromatic carbocycles. The second-order valence-electron chi connectivity index (χ2n) is 16.1. The summed E-state index contributed by atoms with van der Waals surface area (Å²) in [5.74, 6) is -12.5. The first-order valence-corrected chi connectivity index (χ1v) is 19.4. The van der Waals surface area contributed by atoms with Gasteiger partial charge in [0.2, 0.25) is 5.76 Å². The third-order valence-corrected chi connectivity index (χ3v) is 12.1. The van der Waals surface area contributed by atoms with Crippen LogP contribution in [0.25, 0.3) is 0 Å². The van der Waals surface area contributed by atoms with E-state index in [1.165, 1.54) is 44.3 Å². The number of esters is 8. The number of carbonyl (C=O) groups is 8. The van der Waals surface area contributed by atoms with Crippen molar-refractivity contribution >= 4 is 47.8 Å². The van der Waals surface area contributed by atoms with Gasteiger partial charge in [-0.1, -0.05) is 13.8 Å². The van der Waals surface area contributed by atoms with Gasteiger partial charge >= 0.3 is 47.8 Å². The lowest BCUT2D eigenvalue weighted by Gasteiger charge is -2.67. The highest BCUT2D eigenvalue weighted by Gasteiger charge is 2.92. The summed E-state index contributed by atoms with van der Waals surface area (Å²) in [6, 6.07) is 5.46. The zero-order valence-electron chi connectivity index (χ0n) is 34.8. The smallest absolute Gasteiger partial charge is 0.374 e. The average Bonchev–Trinajstić information content (AvgIpc) is 3.79. The third-order valence-electron chi connectivity index (χ3n) is 12.1. The monoisotopic (exact) mass is 857 g/mol. The van der Waals surface area contributed by atoms with Crippen LogP contribution in [0.4, 0.5) is 0 Å². The molecule has 1 N–H and O–H groups in total. The van der Waals surface area contributed by atoms with Crippen LogP contribution in [0.3, 0.4) is 0 Å². The number of nitrogens with zero attached hydrogens (tertiary/aromatic N) is 1. The summed E-state index contributed by atoms with van der Waals surface area (Å²) in [6.07, 6.45) is -9.84. The molecule has 20 heteroatoms. The number of aliphatic hydroxyl groups is 1. The molecule has 0 unspecified atom stereocenters. The summed E-state index contributed by atoms with van der Waals surface area (Å²) in [5, 5.41) is 13.6. The van der Waals surface area contributed by atoms with Crippen molar-refractivity contribution in [2.75, 3.05) is 13.2 Å². The lowest BCUT2D eigenvalue weighted by molar-refractivity contribution is -0.386. The van der Waals surface area contributed by atoms with E-state index in [4.69, 9.17) is 47.0 Å². The molecule has 6 rings (SSSR count). The van der Waals surface area contributed by atoms with Crippen LogP contribution < -0.4 is 0 Å². The maximum atomic E-state index is 14.6. The molecule has 2 saturated carbocycles. The first-order valence-electron chi connectivity index (χ1n) is 19.4. The number of furan rings is 1. The Morgan fingerprint density at radius 1 is 0.787 bits per heavy atom. The zero-order chi connectivity index (χ0) is 45.0. The number of pyridine rings is 1. The van der Waals surface area contributed by atoms with E-state index in [-0.39, 0.29) is 11.3 Å². The topological polar surface area (TPSA) is 266 Å². The van der Waals surface area contributed by atoms with Crippen molar-refractivity contribution in [3.8, 4) is 0 Å². The summed E-state index contributed by atoms with van der Waals surface area (Å²) in [7, 11) is 0. The Bertz CT molecular complexity index is 2120. The number of aromatic nitrogens is 1. The molecule has 0 radical (unpaired) electrons. The first kappa shape index (κ1) is 44.7. The highest BCUT2D eigenvalue weighted by Crippen LogP contribution is 2.70. The third kappa shape index (κ3) is 7.28. The van der Waals surface area contributed by atoms with Gasteiger partial charge in [-0.05, 0) is 38.1 Å². The van der Waals surface area contributed by atoms with E-state index in [0.717, 1.165) is 47.8 Å². The second kappa shape index (κ2) is 16.2. The van der Waals surface area contributed by atoms with Gasteiger partial charge in [0, 0.05) is 46.7 Å². The maximum absolute atomic E-state index is 14.6. The van der Waals surface area contributed by atoms with Crippen LogP contribution >= 0.6 is 0 Å². The van der Waals surface area contributed by atoms with Crippen molar-refractivity contribution in [2.24, 2.45) is 17.3 Å². The van der Waals surface area contributed by atoms with Crippen molar-refractivity contribution in [2.45, 2.75) is 122 Å². The largest absolute Gasteiger partial charge is 0.465 e. The molecular weight excluding hydrogens is 810 g/mol. The fourth-order valence-corrected chi connectivity index (χ4v) is 9.63. The normalized spacial score (nSPS) is 36.5. The summed E-state index contributed by atoms with van der Waals surface area (Å²) in [6.45, 7) is 8.54. The number of ether oxygens (including phenoxy) is 9. The SMILES string of the molecule is CC(=O)OC[C@]12[C@H](OC(C)=O)[C@H](OC(C)=O)[C@@H]3[C@@H](OC(C)=O)[C@@]14O[C@@]3(C)COC(=O)c1cccnc1[C@H](C)[C@H](C)C(=O)O[C@@H]([C@H](OC(=O)c1ccco1)[C@@H]2OC(C)=O)[C@]4(C)O. The molecule has 1 saturated heterocycles. The van der Waals surface area contributed by atoms with Gasteiger partial charge in [-0.2, -0.15) is 0 Å². The molecule has 2 aromatic rings. The predicted octanol–water partition coefficient (Wildman–Crippen LogP) is 1.92. The van der Waals surface area contributed by atoms with Crippen LogP contribution in [0.2, 0.25) is 0 Å². The predicted molar refractivity (Wildman–Crippen MR) is 198 cm³/mol. The van der Waals surface area contributed by atoms with Gasteiger partial charge in [-0.15, -0.1) is 0 Å². The summed E-state index contributed by atoms with van der Waals surface area (Å²) >= 11 is 0. The van der Waals surface area contributed by atoms with E-state index < -0.39 is 143 Å². The van der Waals surface area contributed by atoms with Gasteiger partial charge in [-0.3, -0.25) is 33.8 Å². The molecule has 2 aromatic heterocycles. The number of rotatable bonds is 8. The van der Waals surface area contributed by atoms with Crippen LogP contribution in [-0.4, -0.2) is 124 Å². The lowest BCUT2D eigenvalue weighted by Crippen LogP contribution is -2.89. The Hall–Kier alpha value is -5.89. The number of cyclic esters (lactones) is 1. The molecule has 4 aliphatic rings. The van der Waals surface area contributed by atoms with E-state index in [1.54, 1.807) is 6.92 Å². The van der Waals surface area contributed by atoms with Crippen molar-refractivity contribution in [3.05, 3.63) is 53.7 Å². The summed E-state index contributed by atoms with van der Waals surface area (Å²) in [5.41, 5.74) is -10.4. The van der Waals surface area contributed by atoms with Gasteiger partial charge in [0.05, 0.1) is 29.4 Å². The lowest BCUT2D eigenvalue weighted by atomic mass is 9.45. The highest BCUT2D eigenvalue weighted by atomic mass is 16.7. The zero-order valence-corrected chi connectivity index (χ0v) is 34.8. The highest BCUT2D eigenvalue weighted by molar-refractivity contribution is 5.91. The Morgan fingerprint density at radius 3 is 1.97 bits per heavy atom. The van der Waals surface area contributed by atoms with Crippen LogP contribution in [-0.2, 0) is 71.4 Å².